The predicted molar refractivity (Wildman–Crippen MR) is 224 cm³/mol. The summed E-state index contributed by atoms with van der Waals surface area (Å²) in [5.74, 6) is 0.665. The van der Waals surface area contributed by atoms with Crippen LogP contribution in [0.15, 0.2) is 79.5 Å². The molecule has 2 atom stereocenters. The summed E-state index contributed by atoms with van der Waals surface area (Å²) in [5.41, 5.74) is 5.37. The van der Waals surface area contributed by atoms with Crippen LogP contribution in [0.5, 0.6) is 0 Å². The number of piperidine rings is 1. The van der Waals surface area contributed by atoms with Crippen molar-refractivity contribution in [2.75, 3.05) is 65.5 Å². The minimum absolute atomic E-state index is 0.0858. The Labute approximate surface area is 340 Å². The molecule has 2 amide bonds. The third-order valence-corrected chi connectivity index (χ3v) is 12.6. The fourth-order valence-corrected chi connectivity index (χ4v) is 8.88. The molecule has 0 saturated carbocycles. The zero-order chi connectivity index (χ0) is 38.8. The first-order valence-corrected chi connectivity index (χ1v) is 20.9. The number of amides is 2. The van der Waals surface area contributed by atoms with Gasteiger partial charge in [-0.25, -0.2) is 20.0 Å². The number of imide groups is 1. The number of aliphatic hydroxyl groups is 1. The van der Waals surface area contributed by atoms with Gasteiger partial charge in [0.2, 0.25) is 17.8 Å². The number of benzene rings is 2. The molecular weight excluding hydrogens is 821 g/mol. The van der Waals surface area contributed by atoms with Crippen molar-refractivity contribution in [3.05, 3.63) is 107 Å². The number of rotatable bonds is 12. The fraction of sp³-hybridized carbons (Fsp3) is 0.381. The average Bonchev–Trinajstić information content (AvgIpc) is 3.55. The van der Waals surface area contributed by atoms with Crippen LogP contribution in [0.2, 0.25) is 0 Å². The lowest BCUT2D eigenvalue weighted by atomic mass is 9.90. The highest BCUT2D eigenvalue weighted by molar-refractivity contribution is 14.1. The van der Waals surface area contributed by atoms with Crippen molar-refractivity contribution in [1.29, 1.82) is 0 Å². The van der Waals surface area contributed by atoms with Gasteiger partial charge in [-0.15, -0.1) is 6.58 Å². The van der Waals surface area contributed by atoms with Gasteiger partial charge in [-0.05, 0) is 85.7 Å². The number of aromatic nitrogens is 3. The first-order valence-electron chi connectivity index (χ1n) is 19.3. The van der Waals surface area contributed by atoms with Gasteiger partial charge in [-0.3, -0.25) is 24.6 Å². The molecule has 1 aliphatic carbocycles. The van der Waals surface area contributed by atoms with Crippen LogP contribution in [-0.2, 0) is 28.0 Å². The maximum atomic E-state index is 13.3. The summed E-state index contributed by atoms with van der Waals surface area (Å²) >= 11 is 2.21. The van der Waals surface area contributed by atoms with E-state index >= 15 is 0 Å². The molecule has 56 heavy (non-hydrogen) atoms. The smallest absolute Gasteiger partial charge is 0.234 e. The second kappa shape index (κ2) is 16.4. The molecule has 5 heterocycles. The van der Waals surface area contributed by atoms with E-state index in [2.05, 4.69) is 78.9 Å². The zero-order valence-electron chi connectivity index (χ0n) is 31.3. The average molecular weight is 868 g/mol. The van der Waals surface area contributed by atoms with Crippen LogP contribution in [-0.4, -0.2) is 97.8 Å². The minimum Gasteiger partial charge on any atom is -0.383 e. The Morgan fingerprint density at radius 3 is 2.50 bits per heavy atom. The van der Waals surface area contributed by atoms with Crippen molar-refractivity contribution >= 4 is 69.1 Å². The number of halogens is 1. The number of carbonyl (C=O) groups is 3. The lowest BCUT2D eigenvalue weighted by Crippen LogP contribution is -2.48. The van der Waals surface area contributed by atoms with Gasteiger partial charge in [0.1, 0.15) is 11.4 Å². The number of piperazine rings is 1. The highest BCUT2D eigenvalue weighted by Gasteiger charge is 2.40. The summed E-state index contributed by atoms with van der Waals surface area (Å²) in [7, 11) is 0. The summed E-state index contributed by atoms with van der Waals surface area (Å²) in [6.45, 7) is 9.35. The first kappa shape index (κ1) is 38.1. The van der Waals surface area contributed by atoms with Gasteiger partial charge in [-0.1, -0.05) is 59.0 Å². The van der Waals surface area contributed by atoms with Gasteiger partial charge in [0, 0.05) is 61.1 Å². The van der Waals surface area contributed by atoms with Crippen LogP contribution >= 0.6 is 22.6 Å². The molecule has 1 unspecified atom stereocenters. The number of hydrazine groups is 1. The largest absolute Gasteiger partial charge is 0.383 e. The topological polar surface area (TPSA) is 147 Å². The standard InChI is InChI=1S/C42H46IN9O4/c1-2-19-51-26-35(53)34-25-44-41(48-39(34)52(51)36-15-9-30-17-18-42(56,27-43)38(30)46-36)45-31-10-12-32(13-11-31)50-23-21-49(22-24-50)20-3-4-28-5-7-29(8-6-28)33-14-16-37(54)47-40(33)55/h2,5-13,15,25,33,56H,1,3-4,14,16-24,26-27H2,(H,44,45,48)(H,47,54,55)/t33?,42-/m0/s1. The molecule has 14 heteroatoms. The SMILES string of the molecule is C=CCN1CC(=O)c2cnc(Nc3ccc(N4CCN(CCCc5ccc(C6CCC(=O)NC6=O)cc5)CC4)cc3)nc2N1c1ccc2c(n1)[C@@](O)(CI)CC2. The summed E-state index contributed by atoms with van der Waals surface area (Å²) in [6, 6.07) is 20.5. The Balaban J connectivity index is 0.870. The Morgan fingerprint density at radius 2 is 1.77 bits per heavy atom. The Bertz CT molecular complexity index is 2120. The van der Waals surface area contributed by atoms with Gasteiger partial charge < -0.3 is 15.3 Å². The minimum atomic E-state index is -0.986. The molecule has 3 N–H and O–H groups in total. The lowest BCUT2D eigenvalue weighted by Gasteiger charge is -2.38. The van der Waals surface area contributed by atoms with E-state index in [1.165, 1.54) is 5.56 Å². The van der Waals surface area contributed by atoms with Crippen LogP contribution in [0.1, 0.15) is 64.3 Å². The van der Waals surface area contributed by atoms with Gasteiger partial charge in [0.15, 0.2) is 11.6 Å². The quantitative estimate of drug-likeness (QED) is 0.0745. The fourth-order valence-electron chi connectivity index (χ4n) is 8.14. The van der Waals surface area contributed by atoms with E-state index in [-0.39, 0.29) is 30.1 Å². The molecule has 2 saturated heterocycles. The number of hydrogen-bond acceptors (Lipinski definition) is 12. The van der Waals surface area contributed by atoms with E-state index in [4.69, 9.17) is 9.97 Å². The number of nitrogens with one attached hydrogen (secondary N) is 2. The zero-order valence-corrected chi connectivity index (χ0v) is 33.5. The molecule has 4 aliphatic rings. The summed E-state index contributed by atoms with van der Waals surface area (Å²) in [5, 5.41) is 20.8. The number of fused-ring (bicyclic) bond motifs is 2. The maximum Gasteiger partial charge on any atom is 0.234 e. The highest BCUT2D eigenvalue weighted by Crippen LogP contribution is 2.40. The number of carbonyl (C=O) groups excluding carboxylic acids is 3. The third-order valence-electron chi connectivity index (χ3n) is 11.3. The monoisotopic (exact) mass is 867 g/mol. The van der Waals surface area contributed by atoms with E-state index in [1.54, 1.807) is 12.3 Å². The predicted octanol–water partition coefficient (Wildman–Crippen LogP) is 5.20. The van der Waals surface area contributed by atoms with Gasteiger partial charge >= 0.3 is 0 Å². The lowest BCUT2D eigenvalue weighted by molar-refractivity contribution is -0.134. The van der Waals surface area contributed by atoms with Gasteiger partial charge in [0.05, 0.1) is 23.7 Å². The van der Waals surface area contributed by atoms with Gasteiger partial charge in [-0.2, -0.15) is 4.98 Å². The molecule has 3 aliphatic heterocycles. The third kappa shape index (κ3) is 7.92. The number of nitrogens with zero attached hydrogens (tertiary/aromatic N) is 7. The number of pyridine rings is 1. The van der Waals surface area contributed by atoms with E-state index in [0.29, 0.717) is 59.1 Å². The van der Waals surface area contributed by atoms with E-state index < -0.39 is 5.60 Å². The van der Waals surface area contributed by atoms with E-state index in [1.807, 2.05) is 46.4 Å². The van der Waals surface area contributed by atoms with Crippen LogP contribution in [0.25, 0.3) is 0 Å². The maximum absolute atomic E-state index is 13.3. The van der Waals surface area contributed by atoms with E-state index in [9.17, 15) is 19.5 Å². The molecule has 0 bridgehead atoms. The Hall–Kier alpha value is -4.77. The van der Waals surface area contributed by atoms with E-state index in [0.717, 1.165) is 74.5 Å². The van der Waals surface area contributed by atoms with Crippen LogP contribution < -0.4 is 20.5 Å². The molecule has 13 nitrogen and oxygen atoms in total. The second-order valence-corrected chi connectivity index (χ2v) is 15.8. The molecule has 8 rings (SSSR count). The number of aryl methyl sites for hydroxylation is 2. The van der Waals surface area contributed by atoms with Crippen molar-refractivity contribution < 1.29 is 19.5 Å². The van der Waals surface area contributed by atoms with Crippen molar-refractivity contribution in [2.24, 2.45) is 0 Å². The Morgan fingerprint density at radius 1 is 0.982 bits per heavy atom. The van der Waals surface area contributed by atoms with Crippen molar-refractivity contribution in [2.45, 2.75) is 50.0 Å². The first-order chi connectivity index (χ1) is 27.2. The summed E-state index contributed by atoms with van der Waals surface area (Å²) < 4.78 is 0.542. The van der Waals surface area contributed by atoms with Crippen molar-refractivity contribution in [3.8, 4) is 0 Å². The van der Waals surface area contributed by atoms with Crippen molar-refractivity contribution in [3.63, 3.8) is 0 Å². The molecule has 0 spiro atoms. The van der Waals surface area contributed by atoms with Crippen LogP contribution in [0, 0.1) is 0 Å². The number of alkyl halides is 1. The molecule has 2 aromatic carbocycles. The Kier molecular flexibility index (Phi) is 11.1. The van der Waals surface area contributed by atoms with Crippen LogP contribution in [0.3, 0.4) is 0 Å². The van der Waals surface area contributed by atoms with Crippen molar-refractivity contribution in [1.82, 2.24) is 30.2 Å². The summed E-state index contributed by atoms with van der Waals surface area (Å²) in [6.07, 6.45) is 7.73. The number of hydrogen-bond donors (Lipinski definition) is 3. The molecule has 290 valence electrons. The number of ketones is 1. The summed E-state index contributed by atoms with van der Waals surface area (Å²) in [4.78, 5) is 56.2. The second-order valence-electron chi connectivity index (χ2n) is 15.0. The molecule has 0 radical (unpaired) electrons. The molecule has 4 aromatic rings. The molecule has 2 fully saturated rings. The van der Waals surface area contributed by atoms with Crippen LogP contribution in [0.4, 0.5) is 29.0 Å². The number of anilines is 5. The normalized spacial score (nSPS) is 21.5. The van der Waals surface area contributed by atoms with Gasteiger partial charge in [0.25, 0.3) is 0 Å². The number of Topliss-reactive ketones (excluding diaryl/α,β-unsaturated/α-hetero) is 1. The highest BCUT2D eigenvalue weighted by atomic mass is 127. The molecular formula is C42H46IN9O4. The molecule has 2 aromatic heterocycles.